The maximum absolute atomic E-state index is 11.1. The first kappa shape index (κ1) is 18.9. The Labute approximate surface area is 152 Å². The number of aliphatic hydroxyl groups is 1. The van der Waals surface area contributed by atoms with Crippen LogP contribution in [0.15, 0.2) is 24.3 Å². The fraction of sp³-hybridized carbons (Fsp3) is 0.700. The molecule has 0 atom stereocenters. The third-order valence-electron chi connectivity index (χ3n) is 6.22. The molecule has 3 rings (SSSR count). The van der Waals surface area contributed by atoms with E-state index in [0.717, 1.165) is 24.2 Å². The molecule has 5 heteroatoms. The van der Waals surface area contributed by atoms with E-state index in [-0.39, 0.29) is 5.04 Å². The van der Waals surface area contributed by atoms with E-state index in [1.165, 1.54) is 0 Å². The lowest BCUT2D eigenvalue weighted by atomic mass is 9.77. The van der Waals surface area contributed by atoms with Gasteiger partial charge in [0.2, 0.25) is 8.32 Å². The van der Waals surface area contributed by atoms with Crippen molar-refractivity contribution in [1.82, 2.24) is 0 Å². The van der Waals surface area contributed by atoms with Gasteiger partial charge in [-0.15, -0.1) is 0 Å². The van der Waals surface area contributed by atoms with E-state index in [0.29, 0.717) is 26.1 Å². The average molecular weight is 365 g/mol. The lowest BCUT2D eigenvalue weighted by Gasteiger charge is -2.41. The van der Waals surface area contributed by atoms with Crippen LogP contribution in [0.4, 0.5) is 0 Å². The van der Waals surface area contributed by atoms with Gasteiger partial charge in [0, 0.05) is 12.8 Å². The second kappa shape index (κ2) is 6.37. The molecule has 2 fully saturated rings. The molecule has 25 heavy (non-hydrogen) atoms. The number of hydrogen-bond acceptors (Lipinski definition) is 4. The molecule has 0 bridgehead atoms. The van der Waals surface area contributed by atoms with E-state index >= 15 is 0 Å². The highest BCUT2D eigenvalue weighted by atomic mass is 28.4. The Morgan fingerprint density at radius 2 is 1.48 bits per heavy atom. The Balaban J connectivity index is 1.68. The zero-order valence-electron chi connectivity index (χ0n) is 16.2. The van der Waals surface area contributed by atoms with Crippen LogP contribution in [0, 0.1) is 0 Å². The van der Waals surface area contributed by atoms with E-state index in [9.17, 15) is 5.11 Å². The summed E-state index contributed by atoms with van der Waals surface area (Å²) in [7, 11) is -1.84. The van der Waals surface area contributed by atoms with Gasteiger partial charge in [-0.05, 0) is 48.7 Å². The Hall–Kier alpha value is -0.883. The van der Waals surface area contributed by atoms with Gasteiger partial charge in [-0.25, -0.2) is 0 Å². The summed E-state index contributed by atoms with van der Waals surface area (Å²) in [5.41, 5.74) is 0.165. The summed E-state index contributed by atoms with van der Waals surface area (Å²) in [6, 6.07) is 8.02. The fourth-order valence-electron chi connectivity index (χ4n) is 3.40. The Kier molecular flexibility index (Phi) is 4.82. The first-order valence-corrected chi connectivity index (χ1v) is 12.3. The van der Waals surface area contributed by atoms with Crippen LogP contribution in [0.25, 0.3) is 0 Å². The van der Waals surface area contributed by atoms with Crippen LogP contribution in [0.5, 0.6) is 5.75 Å². The molecular weight excluding hydrogens is 332 g/mol. The Morgan fingerprint density at radius 1 is 0.960 bits per heavy atom. The summed E-state index contributed by atoms with van der Waals surface area (Å²) in [5.74, 6) is 0.450. The van der Waals surface area contributed by atoms with Gasteiger partial charge in [-0.2, -0.15) is 0 Å². The van der Waals surface area contributed by atoms with Crippen molar-refractivity contribution in [2.45, 2.75) is 76.0 Å². The zero-order valence-corrected chi connectivity index (χ0v) is 17.2. The lowest BCUT2D eigenvalue weighted by Crippen LogP contribution is -2.44. The van der Waals surface area contributed by atoms with Gasteiger partial charge in [0.15, 0.2) is 5.79 Å². The number of benzene rings is 1. The molecule has 0 radical (unpaired) electrons. The van der Waals surface area contributed by atoms with Gasteiger partial charge < -0.3 is 19.0 Å². The van der Waals surface area contributed by atoms with Crippen molar-refractivity contribution in [3.8, 4) is 5.75 Å². The van der Waals surface area contributed by atoms with Crippen molar-refractivity contribution in [2.75, 3.05) is 13.2 Å². The summed E-state index contributed by atoms with van der Waals surface area (Å²) in [5, 5.41) is 11.3. The quantitative estimate of drug-likeness (QED) is 0.798. The minimum absolute atomic E-state index is 0.169. The number of rotatable bonds is 3. The van der Waals surface area contributed by atoms with Gasteiger partial charge in [0.05, 0.1) is 18.8 Å². The van der Waals surface area contributed by atoms with E-state index in [4.69, 9.17) is 13.9 Å². The monoisotopic (exact) mass is 364 g/mol. The molecule has 2 aliphatic rings. The molecule has 1 aliphatic carbocycles. The van der Waals surface area contributed by atoms with Crippen LogP contribution in [0.3, 0.4) is 0 Å². The summed E-state index contributed by atoms with van der Waals surface area (Å²) in [4.78, 5) is 0. The SMILES string of the molecule is CC(C)(C)[Si](C)(C)Oc1ccc(C2(O)CCC3(CC2)OCCO3)cc1. The largest absolute Gasteiger partial charge is 0.544 e. The van der Waals surface area contributed by atoms with Crippen molar-refractivity contribution in [3.05, 3.63) is 29.8 Å². The maximum Gasteiger partial charge on any atom is 0.250 e. The van der Waals surface area contributed by atoms with E-state index < -0.39 is 19.7 Å². The molecule has 1 spiro atoms. The molecule has 1 saturated heterocycles. The lowest BCUT2D eigenvalue weighted by molar-refractivity contribution is -0.204. The van der Waals surface area contributed by atoms with E-state index in [1.54, 1.807) is 0 Å². The molecule has 1 aromatic carbocycles. The highest BCUT2D eigenvalue weighted by molar-refractivity contribution is 6.74. The summed E-state index contributed by atoms with van der Waals surface area (Å²) >= 11 is 0. The van der Waals surface area contributed by atoms with Crippen molar-refractivity contribution in [1.29, 1.82) is 0 Å². The topological polar surface area (TPSA) is 47.9 Å². The van der Waals surface area contributed by atoms with E-state index in [1.807, 2.05) is 24.3 Å². The van der Waals surface area contributed by atoms with Crippen molar-refractivity contribution in [2.24, 2.45) is 0 Å². The fourth-order valence-corrected chi connectivity index (χ4v) is 4.43. The van der Waals surface area contributed by atoms with Crippen LogP contribution in [0.1, 0.15) is 52.0 Å². The molecule has 1 aromatic rings. The second-order valence-electron chi connectivity index (χ2n) is 9.03. The summed E-state index contributed by atoms with van der Waals surface area (Å²) < 4.78 is 17.9. The zero-order chi connectivity index (χ0) is 18.3. The Morgan fingerprint density at radius 3 is 1.96 bits per heavy atom. The maximum atomic E-state index is 11.1. The number of ether oxygens (including phenoxy) is 2. The number of hydrogen-bond donors (Lipinski definition) is 1. The summed E-state index contributed by atoms with van der Waals surface area (Å²) in [6.45, 7) is 12.5. The minimum atomic E-state index is -1.84. The molecule has 0 aromatic heterocycles. The third-order valence-corrected chi connectivity index (χ3v) is 10.6. The first-order valence-electron chi connectivity index (χ1n) is 9.35. The Bertz CT molecular complexity index is 587. The van der Waals surface area contributed by atoms with Crippen LogP contribution >= 0.6 is 0 Å². The molecule has 4 nitrogen and oxygen atoms in total. The average Bonchev–Trinajstić information content (AvgIpc) is 2.99. The van der Waals surface area contributed by atoms with Crippen molar-refractivity contribution < 1.29 is 19.0 Å². The van der Waals surface area contributed by atoms with Crippen LogP contribution in [-0.2, 0) is 15.1 Å². The summed E-state index contributed by atoms with van der Waals surface area (Å²) in [6.07, 6.45) is 2.81. The molecule has 1 N–H and O–H groups in total. The smallest absolute Gasteiger partial charge is 0.250 e. The van der Waals surface area contributed by atoms with Crippen molar-refractivity contribution >= 4 is 8.32 Å². The first-order chi connectivity index (χ1) is 11.6. The predicted octanol–water partition coefficient (Wildman–Crippen LogP) is 4.58. The standard InChI is InChI=1S/C20H32O4Si/c1-18(2,3)25(4,5)24-17-8-6-16(7-9-17)19(21)10-12-20(13-11-19)22-14-15-23-20/h6-9,21H,10-15H2,1-5H3. The molecule has 140 valence electrons. The van der Waals surface area contributed by atoms with Crippen LogP contribution in [0.2, 0.25) is 18.1 Å². The molecule has 1 saturated carbocycles. The van der Waals surface area contributed by atoms with E-state index in [2.05, 4.69) is 33.9 Å². The normalized spacial score (nSPS) is 23.0. The highest BCUT2D eigenvalue weighted by Crippen LogP contribution is 2.45. The molecule has 1 heterocycles. The van der Waals surface area contributed by atoms with Gasteiger partial charge in [0.1, 0.15) is 5.75 Å². The molecule has 0 unspecified atom stereocenters. The molecular formula is C20H32O4Si. The van der Waals surface area contributed by atoms with Gasteiger partial charge in [0.25, 0.3) is 0 Å². The molecule has 0 amide bonds. The van der Waals surface area contributed by atoms with Gasteiger partial charge in [-0.1, -0.05) is 32.9 Å². The molecule has 1 aliphatic heterocycles. The van der Waals surface area contributed by atoms with Gasteiger partial charge in [-0.3, -0.25) is 0 Å². The van der Waals surface area contributed by atoms with Crippen LogP contribution < -0.4 is 4.43 Å². The third kappa shape index (κ3) is 3.80. The van der Waals surface area contributed by atoms with Crippen molar-refractivity contribution in [3.63, 3.8) is 0 Å². The second-order valence-corrected chi connectivity index (χ2v) is 13.8. The predicted molar refractivity (Wildman–Crippen MR) is 101 cm³/mol. The van der Waals surface area contributed by atoms with Gasteiger partial charge >= 0.3 is 0 Å². The van der Waals surface area contributed by atoms with Crippen LogP contribution in [-0.4, -0.2) is 32.4 Å². The minimum Gasteiger partial charge on any atom is -0.544 e. The highest BCUT2D eigenvalue weighted by Gasteiger charge is 2.46.